The molecule has 2 bridgehead atoms. The molecule has 114 valence electrons. The Morgan fingerprint density at radius 2 is 1.50 bits per heavy atom. The molecule has 0 heterocycles. The van der Waals surface area contributed by atoms with Gasteiger partial charge in [-0.15, -0.1) is 0 Å². The first-order chi connectivity index (χ1) is 9.63. The largest absolute Gasteiger partial charge is 0.353 e. The maximum absolute atomic E-state index is 12.5. The van der Waals surface area contributed by atoms with Crippen molar-refractivity contribution in [1.82, 2.24) is 5.32 Å². The smallest absolute Gasteiger partial charge is 0.223 e. The van der Waals surface area contributed by atoms with Gasteiger partial charge in [-0.2, -0.15) is 0 Å². The molecule has 0 saturated heterocycles. The van der Waals surface area contributed by atoms with Crippen LogP contribution in [0.15, 0.2) is 0 Å². The number of fused-ring (bicyclic) bond motifs is 2. The predicted molar refractivity (Wildman–Crippen MR) is 79.9 cm³/mol. The molecular weight excluding hydrogens is 250 g/mol. The molecule has 4 unspecified atom stereocenters. The Balaban J connectivity index is 1.60. The number of hydrogen-bond acceptors (Lipinski definition) is 3. The zero-order chi connectivity index (χ0) is 14.1. The predicted octanol–water partition coefficient (Wildman–Crippen LogP) is 1.53. The molecule has 0 aromatic heterocycles. The van der Waals surface area contributed by atoms with Gasteiger partial charge in [-0.25, -0.2) is 0 Å². The highest BCUT2D eigenvalue weighted by atomic mass is 16.1. The second-order valence-electron chi connectivity index (χ2n) is 7.34. The Morgan fingerprint density at radius 1 is 0.850 bits per heavy atom. The van der Waals surface area contributed by atoms with Crippen LogP contribution in [0.5, 0.6) is 0 Å². The van der Waals surface area contributed by atoms with Crippen molar-refractivity contribution in [2.24, 2.45) is 29.2 Å². The van der Waals surface area contributed by atoms with Gasteiger partial charge in [-0.1, -0.05) is 12.8 Å². The number of rotatable bonds is 2. The van der Waals surface area contributed by atoms with E-state index in [1.165, 1.54) is 19.3 Å². The summed E-state index contributed by atoms with van der Waals surface area (Å²) < 4.78 is 0. The lowest BCUT2D eigenvalue weighted by atomic mass is 9.66. The summed E-state index contributed by atoms with van der Waals surface area (Å²) in [5, 5.41) is 3.38. The minimum Gasteiger partial charge on any atom is -0.353 e. The highest BCUT2D eigenvalue weighted by Gasteiger charge is 2.40. The molecular formula is C16H29N3O. The molecule has 3 saturated carbocycles. The van der Waals surface area contributed by atoms with Crippen molar-refractivity contribution in [3.63, 3.8) is 0 Å². The molecule has 0 aliphatic heterocycles. The Labute approximate surface area is 122 Å². The number of nitrogens with one attached hydrogen (secondary N) is 1. The first-order valence-electron chi connectivity index (χ1n) is 8.45. The quantitative estimate of drug-likeness (QED) is 0.717. The maximum Gasteiger partial charge on any atom is 0.223 e. The number of carbonyl (C=O) groups excluding carboxylic acids is 1. The van der Waals surface area contributed by atoms with Crippen LogP contribution < -0.4 is 16.8 Å². The second kappa shape index (κ2) is 6.02. The van der Waals surface area contributed by atoms with Gasteiger partial charge in [-0.05, 0) is 56.8 Å². The highest BCUT2D eigenvalue weighted by Crippen LogP contribution is 2.40. The molecule has 4 atom stereocenters. The third-order valence-corrected chi connectivity index (χ3v) is 5.77. The van der Waals surface area contributed by atoms with Crippen molar-refractivity contribution in [2.75, 3.05) is 0 Å². The first kappa shape index (κ1) is 14.3. The fourth-order valence-electron chi connectivity index (χ4n) is 4.77. The molecule has 3 aliphatic carbocycles. The summed E-state index contributed by atoms with van der Waals surface area (Å²) in [4.78, 5) is 12.5. The molecule has 3 rings (SSSR count). The number of amides is 1. The molecule has 20 heavy (non-hydrogen) atoms. The van der Waals surface area contributed by atoms with Gasteiger partial charge in [0.2, 0.25) is 5.91 Å². The van der Waals surface area contributed by atoms with Gasteiger partial charge >= 0.3 is 0 Å². The Hall–Kier alpha value is -0.610. The fourth-order valence-corrected chi connectivity index (χ4v) is 4.77. The van der Waals surface area contributed by atoms with Gasteiger partial charge in [0, 0.05) is 24.0 Å². The summed E-state index contributed by atoms with van der Waals surface area (Å²) in [5.41, 5.74) is 12.2. The van der Waals surface area contributed by atoms with E-state index in [9.17, 15) is 4.79 Å². The van der Waals surface area contributed by atoms with Crippen LogP contribution in [0.1, 0.15) is 57.8 Å². The molecule has 0 aromatic carbocycles. The summed E-state index contributed by atoms with van der Waals surface area (Å²) in [6.07, 6.45) is 10.0. The summed E-state index contributed by atoms with van der Waals surface area (Å²) in [5.74, 6) is 1.63. The minimum atomic E-state index is 0.148. The van der Waals surface area contributed by atoms with Crippen LogP contribution in [0, 0.1) is 17.8 Å². The lowest BCUT2D eigenvalue weighted by Gasteiger charge is -2.45. The van der Waals surface area contributed by atoms with Crippen LogP contribution in [0.2, 0.25) is 0 Å². The molecule has 1 amide bonds. The van der Waals surface area contributed by atoms with Crippen LogP contribution >= 0.6 is 0 Å². The molecule has 5 N–H and O–H groups in total. The van der Waals surface area contributed by atoms with Gasteiger partial charge in [0.15, 0.2) is 0 Å². The van der Waals surface area contributed by atoms with E-state index in [-0.39, 0.29) is 17.9 Å². The van der Waals surface area contributed by atoms with Crippen LogP contribution in [0.3, 0.4) is 0 Å². The van der Waals surface area contributed by atoms with E-state index in [0.717, 1.165) is 38.5 Å². The minimum absolute atomic E-state index is 0.148. The lowest BCUT2D eigenvalue weighted by Crippen LogP contribution is -2.55. The number of carbonyl (C=O) groups is 1. The van der Waals surface area contributed by atoms with Crippen molar-refractivity contribution in [3.8, 4) is 0 Å². The molecule has 0 aromatic rings. The van der Waals surface area contributed by atoms with Crippen molar-refractivity contribution in [2.45, 2.75) is 75.9 Å². The van der Waals surface area contributed by atoms with E-state index < -0.39 is 0 Å². The topological polar surface area (TPSA) is 81.1 Å². The number of nitrogens with two attached hydrogens (primary N) is 2. The second-order valence-corrected chi connectivity index (χ2v) is 7.34. The Kier molecular flexibility index (Phi) is 4.32. The van der Waals surface area contributed by atoms with Gasteiger partial charge in [0.25, 0.3) is 0 Å². The SMILES string of the molecule is NC1CCCC(C(=O)NC2C3CCCC2CC(N)C3)C1. The normalized spacial score (nSPS) is 44.9. The average molecular weight is 279 g/mol. The summed E-state index contributed by atoms with van der Waals surface area (Å²) in [6, 6.07) is 0.953. The van der Waals surface area contributed by atoms with Gasteiger partial charge in [-0.3, -0.25) is 4.79 Å². The van der Waals surface area contributed by atoms with Crippen LogP contribution in [-0.2, 0) is 4.79 Å². The summed E-state index contributed by atoms with van der Waals surface area (Å²) >= 11 is 0. The van der Waals surface area contributed by atoms with Crippen LogP contribution in [0.25, 0.3) is 0 Å². The molecule has 3 fully saturated rings. The van der Waals surface area contributed by atoms with Crippen LogP contribution in [-0.4, -0.2) is 24.0 Å². The van der Waals surface area contributed by atoms with Gasteiger partial charge < -0.3 is 16.8 Å². The molecule has 4 nitrogen and oxygen atoms in total. The lowest BCUT2D eigenvalue weighted by molar-refractivity contribution is -0.128. The molecule has 4 heteroatoms. The molecule has 0 spiro atoms. The standard InChI is InChI=1S/C16H29N3O/c17-13-6-2-5-12(9-13)16(20)19-15-10-3-1-4-11(15)8-14(18)7-10/h10-15H,1-9,17-18H2,(H,19,20). The average Bonchev–Trinajstić information content (AvgIpc) is 2.39. The maximum atomic E-state index is 12.5. The van der Waals surface area contributed by atoms with Gasteiger partial charge in [0.1, 0.15) is 0 Å². The van der Waals surface area contributed by atoms with Gasteiger partial charge in [0.05, 0.1) is 0 Å². The van der Waals surface area contributed by atoms with E-state index in [0.29, 0.717) is 23.9 Å². The Bertz CT molecular complexity index is 346. The highest BCUT2D eigenvalue weighted by molar-refractivity contribution is 5.79. The van der Waals surface area contributed by atoms with E-state index in [1.54, 1.807) is 0 Å². The zero-order valence-electron chi connectivity index (χ0n) is 12.4. The monoisotopic (exact) mass is 279 g/mol. The summed E-state index contributed by atoms with van der Waals surface area (Å²) in [6.45, 7) is 0. The molecule has 3 aliphatic rings. The molecule has 0 radical (unpaired) electrons. The van der Waals surface area contributed by atoms with E-state index >= 15 is 0 Å². The fraction of sp³-hybridized carbons (Fsp3) is 0.938. The number of hydrogen-bond donors (Lipinski definition) is 3. The van der Waals surface area contributed by atoms with E-state index in [2.05, 4.69) is 5.32 Å². The van der Waals surface area contributed by atoms with Crippen molar-refractivity contribution >= 4 is 5.91 Å². The van der Waals surface area contributed by atoms with Crippen molar-refractivity contribution < 1.29 is 4.79 Å². The summed E-state index contributed by atoms with van der Waals surface area (Å²) in [7, 11) is 0. The third kappa shape index (κ3) is 3.01. The third-order valence-electron chi connectivity index (χ3n) is 5.77. The van der Waals surface area contributed by atoms with Crippen molar-refractivity contribution in [3.05, 3.63) is 0 Å². The van der Waals surface area contributed by atoms with E-state index in [4.69, 9.17) is 11.5 Å². The zero-order valence-corrected chi connectivity index (χ0v) is 12.4. The van der Waals surface area contributed by atoms with E-state index in [1.807, 2.05) is 0 Å². The van der Waals surface area contributed by atoms with Crippen molar-refractivity contribution in [1.29, 1.82) is 0 Å². The first-order valence-corrected chi connectivity index (χ1v) is 8.45. The van der Waals surface area contributed by atoms with Crippen LogP contribution in [0.4, 0.5) is 0 Å². The Morgan fingerprint density at radius 3 is 2.15 bits per heavy atom.